The van der Waals surface area contributed by atoms with Crippen molar-refractivity contribution in [3.05, 3.63) is 29.7 Å². The monoisotopic (exact) mass is 445 g/mol. The van der Waals surface area contributed by atoms with Crippen molar-refractivity contribution >= 4 is 23.1 Å². The highest BCUT2D eigenvalue weighted by Crippen LogP contribution is 2.47. The van der Waals surface area contributed by atoms with E-state index in [0.29, 0.717) is 11.8 Å². The van der Waals surface area contributed by atoms with Gasteiger partial charge in [-0.1, -0.05) is 0 Å². The second-order valence-electron chi connectivity index (χ2n) is 11.2. The molecular weight excluding hydrogens is 410 g/mol. The fraction of sp³-hybridized carbons (Fsp3) is 0.654. The maximum atomic E-state index is 6.77. The fourth-order valence-electron chi connectivity index (χ4n) is 5.95. The van der Waals surface area contributed by atoms with Gasteiger partial charge >= 0.3 is 0 Å². The Kier molecular flexibility index (Phi) is 4.74. The number of fused-ring (bicyclic) bond motifs is 1. The van der Waals surface area contributed by atoms with E-state index >= 15 is 0 Å². The molecule has 5 aliphatic rings. The van der Waals surface area contributed by atoms with Crippen molar-refractivity contribution in [3.63, 3.8) is 0 Å². The van der Waals surface area contributed by atoms with Crippen LogP contribution in [0.5, 0.6) is 0 Å². The highest BCUT2D eigenvalue weighted by molar-refractivity contribution is 5.74. The topological polar surface area (TPSA) is 83.2 Å². The molecule has 7 heteroatoms. The van der Waals surface area contributed by atoms with Crippen LogP contribution in [0.25, 0.3) is 0 Å². The molecule has 174 valence electrons. The highest BCUT2D eigenvalue weighted by atomic mass is 15.2. The zero-order valence-electron chi connectivity index (χ0n) is 19.4. The summed E-state index contributed by atoms with van der Waals surface area (Å²) in [6, 6.07) is 2.30. The predicted molar refractivity (Wildman–Crippen MR) is 131 cm³/mol. The molecule has 2 aromatic rings. The van der Waals surface area contributed by atoms with Crippen molar-refractivity contribution in [2.24, 2.45) is 17.8 Å². The molecule has 0 amide bonds. The average molecular weight is 446 g/mol. The summed E-state index contributed by atoms with van der Waals surface area (Å²) in [5.41, 5.74) is 9.94. The molecule has 2 aromatic heterocycles. The Hall–Kier alpha value is -2.41. The average Bonchev–Trinajstić information content (AvgIpc) is 3.73. The number of nitrogens with two attached hydrogens (primary N) is 1. The van der Waals surface area contributed by atoms with Gasteiger partial charge in [0.1, 0.15) is 11.6 Å². The first kappa shape index (κ1) is 20.0. The third kappa shape index (κ3) is 4.16. The smallest absolute Gasteiger partial charge is 0.157 e. The summed E-state index contributed by atoms with van der Waals surface area (Å²) >= 11 is 0. The molecule has 0 aromatic carbocycles. The number of pyridine rings is 1. The lowest BCUT2D eigenvalue weighted by atomic mass is 9.88. The number of aromatic nitrogens is 3. The second kappa shape index (κ2) is 7.83. The summed E-state index contributed by atoms with van der Waals surface area (Å²) in [6.07, 6.45) is 12.8. The number of rotatable bonds is 7. The third-order valence-corrected chi connectivity index (χ3v) is 8.53. The van der Waals surface area contributed by atoms with Gasteiger partial charge in [-0.05, 0) is 93.3 Å². The Labute approximate surface area is 196 Å². The van der Waals surface area contributed by atoms with E-state index in [1.165, 1.54) is 70.1 Å². The first-order valence-electron chi connectivity index (χ1n) is 13.1. The van der Waals surface area contributed by atoms with Gasteiger partial charge in [-0.3, -0.25) is 4.98 Å². The second-order valence-corrected chi connectivity index (χ2v) is 11.2. The Balaban J connectivity index is 1.14. The van der Waals surface area contributed by atoms with Crippen molar-refractivity contribution in [1.82, 2.24) is 19.9 Å². The number of piperidine rings is 2. The summed E-state index contributed by atoms with van der Waals surface area (Å²) < 4.78 is 0. The molecule has 0 spiro atoms. The van der Waals surface area contributed by atoms with Crippen LogP contribution in [-0.4, -0.2) is 52.6 Å². The molecule has 2 aliphatic heterocycles. The molecule has 3 saturated carbocycles. The Bertz CT molecular complexity index is 1010. The van der Waals surface area contributed by atoms with Crippen LogP contribution < -0.4 is 16.0 Å². The number of anilines is 4. The fourth-order valence-corrected chi connectivity index (χ4v) is 5.95. The van der Waals surface area contributed by atoms with E-state index in [0.717, 1.165) is 59.7 Å². The van der Waals surface area contributed by atoms with Crippen LogP contribution in [0, 0.1) is 17.8 Å². The summed E-state index contributed by atoms with van der Waals surface area (Å²) in [4.78, 5) is 19.4. The van der Waals surface area contributed by atoms with Crippen molar-refractivity contribution in [1.29, 1.82) is 0 Å². The van der Waals surface area contributed by atoms with E-state index in [2.05, 4.69) is 31.2 Å². The highest BCUT2D eigenvalue weighted by Gasteiger charge is 2.45. The van der Waals surface area contributed by atoms with Crippen LogP contribution >= 0.6 is 0 Å². The number of nitrogens with one attached hydrogen (secondary N) is 1. The van der Waals surface area contributed by atoms with Crippen LogP contribution in [0.3, 0.4) is 0 Å². The Morgan fingerprint density at radius 1 is 0.939 bits per heavy atom. The van der Waals surface area contributed by atoms with Crippen molar-refractivity contribution < 1.29 is 0 Å². The number of hydrogen-bond acceptors (Lipinski definition) is 7. The van der Waals surface area contributed by atoms with E-state index in [9.17, 15) is 0 Å². The first-order chi connectivity index (χ1) is 16.2. The minimum atomic E-state index is 0.503. The minimum Gasteiger partial charge on any atom is -0.395 e. The van der Waals surface area contributed by atoms with Gasteiger partial charge in [-0.2, -0.15) is 0 Å². The van der Waals surface area contributed by atoms with Crippen LogP contribution in [0.4, 0.5) is 23.1 Å². The minimum absolute atomic E-state index is 0.503. The van der Waals surface area contributed by atoms with Gasteiger partial charge in [0.05, 0.1) is 23.8 Å². The molecule has 7 nitrogen and oxygen atoms in total. The van der Waals surface area contributed by atoms with Crippen molar-refractivity contribution in [2.75, 3.05) is 48.7 Å². The number of likely N-dealkylation sites (tertiary alicyclic amines) is 1. The molecule has 2 unspecified atom stereocenters. The number of nitrogen functional groups attached to an aromatic ring is 1. The van der Waals surface area contributed by atoms with E-state index in [1.807, 2.05) is 12.4 Å². The number of nitrogens with zero attached hydrogens (tertiary/aromatic N) is 5. The third-order valence-electron chi connectivity index (χ3n) is 8.53. The molecule has 4 heterocycles. The molecule has 2 atom stereocenters. The molecule has 2 saturated heterocycles. The Morgan fingerprint density at radius 3 is 2.39 bits per heavy atom. The van der Waals surface area contributed by atoms with Crippen molar-refractivity contribution in [2.45, 2.75) is 56.8 Å². The van der Waals surface area contributed by atoms with Gasteiger partial charge in [0.2, 0.25) is 0 Å². The van der Waals surface area contributed by atoms with Crippen LogP contribution in [0.1, 0.15) is 68.0 Å². The maximum absolute atomic E-state index is 6.77. The largest absolute Gasteiger partial charge is 0.395 e. The number of hydrogen-bond donors (Lipinski definition) is 2. The first-order valence-corrected chi connectivity index (χ1v) is 13.1. The van der Waals surface area contributed by atoms with Gasteiger partial charge < -0.3 is 20.9 Å². The zero-order valence-corrected chi connectivity index (χ0v) is 19.4. The Morgan fingerprint density at radius 2 is 1.73 bits per heavy atom. The quantitative estimate of drug-likeness (QED) is 0.663. The van der Waals surface area contributed by atoms with Gasteiger partial charge in [0.15, 0.2) is 5.82 Å². The van der Waals surface area contributed by atoms with Gasteiger partial charge in [-0.25, -0.2) is 9.97 Å². The van der Waals surface area contributed by atoms with Gasteiger partial charge in [-0.15, -0.1) is 0 Å². The summed E-state index contributed by atoms with van der Waals surface area (Å²) in [6.45, 7) is 5.93. The summed E-state index contributed by atoms with van der Waals surface area (Å²) in [7, 11) is 0. The normalized spacial score (nSPS) is 27.6. The van der Waals surface area contributed by atoms with E-state index in [1.54, 1.807) is 0 Å². The molecule has 3 aliphatic carbocycles. The SMILES string of the molecule is Nc1c(C2CCN(CC3CC3)CC2)cc(N2CC3CC3C2)nc1Nc1cnc(C2CC2)cn1. The standard InChI is InChI=1S/C26H35N7/c27-25-21(17-5-7-32(8-6-17)13-16-1-2-16)10-24(33-14-19-9-20(19)15-33)31-26(25)30-23-12-28-22(11-29-23)18-3-4-18/h10-12,16-20H,1-9,13-15,27H2,(H,29,30,31). The molecule has 33 heavy (non-hydrogen) atoms. The van der Waals surface area contributed by atoms with E-state index in [4.69, 9.17) is 10.7 Å². The maximum Gasteiger partial charge on any atom is 0.157 e. The van der Waals surface area contributed by atoms with Crippen LogP contribution in [0.2, 0.25) is 0 Å². The lowest BCUT2D eigenvalue weighted by molar-refractivity contribution is 0.205. The zero-order chi connectivity index (χ0) is 21.9. The van der Waals surface area contributed by atoms with Crippen LogP contribution in [-0.2, 0) is 0 Å². The molecule has 0 bridgehead atoms. The van der Waals surface area contributed by atoms with E-state index in [-0.39, 0.29) is 0 Å². The van der Waals surface area contributed by atoms with Crippen molar-refractivity contribution in [3.8, 4) is 0 Å². The lowest BCUT2D eigenvalue weighted by Gasteiger charge is -2.33. The van der Waals surface area contributed by atoms with Crippen LogP contribution in [0.15, 0.2) is 18.5 Å². The van der Waals surface area contributed by atoms with E-state index < -0.39 is 0 Å². The summed E-state index contributed by atoms with van der Waals surface area (Å²) in [5, 5.41) is 3.42. The summed E-state index contributed by atoms with van der Waals surface area (Å²) in [5.74, 6) is 6.37. The molecule has 7 rings (SSSR count). The predicted octanol–water partition coefficient (Wildman–Crippen LogP) is 4.12. The lowest BCUT2D eigenvalue weighted by Crippen LogP contribution is -2.34. The molecular formula is C26H35N7. The van der Waals surface area contributed by atoms with Gasteiger partial charge in [0, 0.05) is 25.6 Å². The molecule has 5 fully saturated rings. The van der Waals surface area contributed by atoms with Gasteiger partial charge in [0.25, 0.3) is 0 Å². The molecule has 0 radical (unpaired) electrons. The molecule has 3 N–H and O–H groups in total.